The van der Waals surface area contributed by atoms with Crippen molar-refractivity contribution in [1.29, 1.82) is 0 Å². The number of amides is 2. The lowest BCUT2D eigenvalue weighted by molar-refractivity contribution is -0.126. The van der Waals surface area contributed by atoms with Crippen LogP contribution in [0.1, 0.15) is 24.5 Å². The van der Waals surface area contributed by atoms with Gasteiger partial charge < -0.3 is 15.5 Å². The van der Waals surface area contributed by atoms with Crippen molar-refractivity contribution < 1.29 is 9.59 Å². The summed E-state index contributed by atoms with van der Waals surface area (Å²) in [5.41, 5.74) is 3.17. The number of likely N-dealkylation sites (N-methyl/N-ethyl adjacent to an activating group) is 1. The highest BCUT2D eigenvalue weighted by Crippen LogP contribution is 2.29. The zero-order chi connectivity index (χ0) is 16.3. The fourth-order valence-corrected chi connectivity index (χ4v) is 2.64. The summed E-state index contributed by atoms with van der Waals surface area (Å²) in [6, 6.07) is 6.15. The molecule has 0 spiro atoms. The second-order valence-electron chi connectivity index (χ2n) is 6.06. The van der Waals surface area contributed by atoms with Crippen molar-refractivity contribution in [3.63, 3.8) is 0 Å². The third kappa shape index (κ3) is 3.47. The monoisotopic (exact) mass is 303 g/mol. The summed E-state index contributed by atoms with van der Waals surface area (Å²) >= 11 is 0. The van der Waals surface area contributed by atoms with Gasteiger partial charge in [-0.25, -0.2) is 0 Å². The van der Waals surface area contributed by atoms with E-state index in [0.29, 0.717) is 13.1 Å². The summed E-state index contributed by atoms with van der Waals surface area (Å²) in [5, 5.41) is 5.99. The minimum Gasteiger partial charge on any atom is -0.354 e. The second kappa shape index (κ2) is 6.92. The van der Waals surface area contributed by atoms with Gasteiger partial charge in [0.25, 0.3) is 0 Å². The van der Waals surface area contributed by atoms with Gasteiger partial charge >= 0.3 is 0 Å². The Labute approximate surface area is 132 Å². The molecule has 5 nitrogen and oxygen atoms in total. The molecule has 1 aliphatic rings. The molecule has 120 valence electrons. The minimum atomic E-state index is -0.267. The van der Waals surface area contributed by atoms with Crippen LogP contribution < -0.4 is 15.5 Å². The first-order valence-electron chi connectivity index (χ1n) is 7.75. The summed E-state index contributed by atoms with van der Waals surface area (Å²) in [6.07, 6.45) is 0.285. The Balaban J connectivity index is 2.04. The standard InChI is InChI=1S/C17H25N3O2/c1-11-6-5-7-15(13(11)3)20-10-14(8-16(20)21)17(22)19-9-12(2)18-4/h5-7,12,14,18H,8-10H2,1-4H3,(H,19,22). The summed E-state index contributed by atoms with van der Waals surface area (Å²) in [7, 11) is 1.86. The van der Waals surface area contributed by atoms with E-state index in [4.69, 9.17) is 0 Å². The zero-order valence-corrected chi connectivity index (χ0v) is 13.8. The molecule has 0 aromatic heterocycles. The van der Waals surface area contributed by atoms with E-state index in [9.17, 15) is 9.59 Å². The molecule has 1 aromatic carbocycles. The molecule has 0 bridgehead atoms. The first-order valence-corrected chi connectivity index (χ1v) is 7.75. The number of rotatable bonds is 5. The Morgan fingerprint density at radius 1 is 1.41 bits per heavy atom. The number of anilines is 1. The van der Waals surface area contributed by atoms with Crippen LogP contribution in [0.3, 0.4) is 0 Å². The molecule has 1 fully saturated rings. The molecule has 0 radical (unpaired) electrons. The van der Waals surface area contributed by atoms with Crippen LogP contribution in [0.15, 0.2) is 18.2 Å². The van der Waals surface area contributed by atoms with Gasteiger partial charge in [-0.05, 0) is 45.0 Å². The van der Waals surface area contributed by atoms with Gasteiger partial charge in [-0.1, -0.05) is 12.1 Å². The molecule has 5 heteroatoms. The maximum absolute atomic E-state index is 12.3. The number of hydrogen-bond acceptors (Lipinski definition) is 3. The first kappa shape index (κ1) is 16.5. The third-order valence-electron chi connectivity index (χ3n) is 4.44. The molecular weight excluding hydrogens is 278 g/mol. The van der Waals surface area contributed by atoms with Crippen molar-refractivity contribution in [2.45, 2.75) is 33.2 Å². The van der Waals surface area contributed by atoms with E-state index >= 15 is 0 Å². The lowest BCUT2D eigenvalue weighted by Gasteiger charge is -2.20. The minimum absolute atomic E-state index is 0.0236. The Bertz CT molecular complexity index is 571. The Kier molecular flexibility index (Phi) is 5.19. The number of carbonyl (C=O) groups is 2. The number of nitrogens with one attached hydrogen (secondary N) is 2. The predicted octanol–water partition coefficient (Wildman–Crippen LogP) is 1.38. The summed E-state index contributed by atoms with van der Waals surface area (Å²) < 4.78 is 0. The van der Waals surface area contributed by atoms with Gasteiger partial charge in [0.1, 0.15) is 0 Å². The van der Waals surface area contributed by atoms with E-state index in [2.05, 4.69) is 10.6 Å². The SMILES string of the molecule is CNC(C)CNC(=O)C1CC(=O)N(c2cccc(C)c2C)C1. The van der Waals surface area contributed by atoms with Crippen LogP contribution in [-0.4, -0.2) is 38.0 Å². The molecule has 1 aliphatic heterocycles. The van der Waals surface area contributed by atoms with Gasteiger partial charge in [0.2, 0.25) is 11.8 Å². The van der Waals surface area contributed by atoms with E-state index in [1.54, 1.807) is 4.90 Å². The van der Waals surface area contributed by atoms with Gasteiger partial charge in [-0.15, -0.1) is 0 Å². The van der Waals surface area contributed by atoms with E-state index in [1.807, 2.05) is 46.0 Å². The Hall–Kier alpha value is -1.88. The van der Waals surface area contributed by atoms with E-state index < -0.39 is 0 Å². The molecule has 1 saturated heterocycles. The molecule has 1 heterocycles. The normalized spacial score (nSPS) is 19.4. The number of hydrogen-bond donors (Lipinski definition) is 2. The van der Waals surface area contributed by atoms with Crippen LogP contribution >= 0.6 is 0 Å². The fourth-order valence-electron chi connectivity index (χ4n) is 2.64. The van der Waals surface area contributed by atoms with Gasteiger partial charge in [0, 0.05) is 31.2 Å². The van der Waals surface area contributed by atoms with E-state index in [-0.39, 0.29) is 30.2 Å². The van der Waals surface area contributed by atoms with Crippen molar-refractivity contribution in [1.82, 2.24) is 10.6 Å². The van der Waals surface area contributed by atoms with Crippen LogP contribution in [0.2, 0.25) is 0 Å². The third-order valence-corrected chi connectivity index (χ3v) is 4.44. The van der Waals surface area contributed by atoms with Gasteiger partial charge in [-0.3, -0.25) is 9.59 Å². The number of aryl methyl sites for hydroxylation is 1. The van der Waals surface area contributed by atoms with Gasteiger partial charge in [0.15, 0.2) is 0 Å². The van der Waals surface area contributed by atoms with Crippen molar-refractivity contribution in [3.05, 3.63) is 29.3 Å². The van der Waals surface area contributed by atoms with Crippen molar-refractivity contribution in [2.75, 3.05) is 25.0 Å². The molecule has 2 rings (SSSR count). The summed E-state index contributed by atoms with van der Waals surface area (Å²) in [5.74, 6) is -0.282. The van der Waals surface area contributed by atoms with Gasteiger partial charge in [-0.2, -0.15) is 0 Å². The second-order valence-corrected chi connectivity index (χ2v) is 6.06. The average Bonchev–Trinajstić information content (AvgIpc) is 2.89. The average molecular weight is 303 g/mol. The molecule has 2 unspecified atom stereocenters. The molecule has 0 aliphatic carbocycles. The molecule has 1 aromatic rings. The summed E-state index contributed by atoms with van der Waals surface area (Å²) in [6.45, 7) is 7.08. The van der Waals surface area contributed by atoms with Crippen molar-refractivity contribution >= 4 is 17.5 Å². The number of benzene rings is 1. The van der Waals surface area contributed by atoms with Gasteiger partial charge in [0.05, 0.1) is 5.92 Å². The maximum Gasteiger partial charge on any atom is 0.227 e. The molecule has 22 heavy (non-hydrogen) atoms. The van der Waals surface area contributed by atoms with Crippen LogP contribution in [0.25, 0.3) is 0 Å². The highest BCUT2D eigenvalue weighted by molar-refractivity contribution is 6.00. The van der Waals surface area contributed by atoms with Crippen molar-refractivity contribution in [2.24, 2.45) is 5.92 Å². The molecule has 2 amide bonds. The maximum atomic E-state index is 12.3. The first-order chi connectivity index (χ1) is 10.4. The largest absolute Gasteiger partial charge is 0.354 e. The molecule has 2 atom stereocenters. The lowest BCUT2D eigenvalue weighted by Crippen LogP contribution is -2.40. The zero-order valence-electron chi connectivity index (χ0n) is 13.8. The smallest absolute Gasteiger partial charge is 0.227 e. The van der Waals surface area contributed by atoms with Crippen LogP contribution in [-0.2, 0) is 9.59 Å². The Morgan fingerprint density at radius 3 is 2.82 bits per heavy atom. The van der Waals surface area contributed by atoms with E-state index in [0.717, 1.165) is 16.8 Å². The molecule has 2 N–H and O–H groups in total. The number of carbonyl (C=O) groups excluding carboxylic acids is 2. The number of nitrogens with zero attached hydrogens (tertiary/aromatic N) is 1. The highest BCUT2D eigenvalue weighted by Gasteiger charge is 2.35. The highest BCUT2D eigenvalue weighted by atomic mass is 16.2. The quantitative estimate of drug-likeness (QED) is 0.864. The van der Waals surface area contributed by atoms with Crippen molar-refractivity contribution in [3.8, 4) is 0 Å². The Morgan fingerprint density at radius 2 is 2.14 bits per heavy atom. The lowest BCUT2D eigenvalue weighted by atomic mass is 10.1. The summed E-state index contributed by atoms with van der Waals surface area (Å²) in [4.78, 5) is 26.2. The fraction of sp³-hybridized carbons (Fsp3) is 0.529. The topological polar surface area (TPSA) is 61.4 Å². The van der Waals surface area contributed by atoms with Crippen LogP contribution in [0.5, 0.6) is 0 Å². The van der Waals surface area contributed by atoms with Crippen LogP contribution in [0, 0.1) is 19.8 Å². The molecular formula is C17H25N3O2. The van der Waals surface area contributed by atoms with E-state index in [1.165, 1.54) is 0 Å². The van der Waals surface area contributed by atoms with Crippen LogP contribution in [0.4, 0.5) is 5.69 Å². The predicted molar refractivity (Wildman–Crippen MR) is 87.9 cm³/mol. The molecule has 0 saturated carbocycles.